The molecule has 0 fully saturated rings. The minimum absolute atomic E-state index is 0.0918. The molecule has 0 aliphatic heterocycles. The van der Waals surface area contributed by atoms with Crippen LogP contribution in [-0.4, -0.2) is 20.4 Å². The second-order valence-electron chi connectivity index (χ2n) is 3.57. The van der Waals surface area contributed by atoms with Crippen LogP contribution in [0.1, 0.15) is 11.5 Å². The fourth-order valence-electron chi connectivity index (χ4n) is 1.48. The third-order valence-corrected chi connectivity index (χ3v) is 2.33. The first-order chi connectivity index (χ1) is 8.84. The van der Waals surface area contributed by atoms with Crippen LogP contribution in [-0.2, 0) is 12.7 Å². The van der Waals surface area contributed by atoms with Gasteiger partial charge >= 0.3 is 6.18 Å². The molecule has 102 valence electrons. The van der Waals surface area contributed by atoms with Crippen LogP contribution in [0.3, 0.4) is 0 Å². The molecule has 1 aromatic heterocycles. The van der Waals surface area contributed by atoms with Gasteiger partial charge in [0, 0.05) is 0 Å². The third-order valence-electron chi connectivity index (χ3n) is 2.33. The highest BCUT2D eigenvalue weighted by Crippen LogP contribution is 2.44. The van der Waals surface area contributed by atoms with Crippen LogP contribution < -0.4 is 5.73 Å². The number of nitrogens with two attached hydrogens (primary N) is 1. The van der Waals surface area contributed by atoms with E-state index in [1.807, 2.05) is 0 Å². The largest absolute Gasteiger partial charge is 0.504 e. The Hall–Kier alpha value is -2.29. The predicted octanol–water partition coefficient (Wildman–Crippen LogP) is 1.63. The van der Waals surface area contributed by atoms with E-state index < -0.39 is 34.6 Å². The van der Waals surface area contributed by atoms with E-state index in [0.717, 1.165) is 6.07 Å². The highest BCUT2D eigenvalue weighted by Gasteiger charge is 2.37. The summed E-state index contributed by atoms with van der Waals surface area (Å²) >= 11 is 0. The smallest absolute Gasteiger partial charge is 0.417 e. The Bertz CT molecular complexity index is 610. The molecule has 2 rings (SSSR count). The number of aromatic nitrogens is 2. The maximum absolute atomic E-state index is 12.8. The van der Waals surface area contributed by atoms with Crippen molar-refractivity contribution < 1.29 is 27.9 Å². The van der Waals surface area contributed by atoms with Crippen LogP contribution in [0.4, 0.5) is 13.2 Å². The second-order valence-corrected chi connectivity index (χ2v) is 3.57. The van der Waals surface area contributed by atoms with Crippen molar-refractivity contribution in [3.63, 3.8) is 0 Å². The maximum Gasteiger partial charge on any atom is 0.417 e. The Morgan fingerprint density at radius 2 is 1.95 bits per heavy atom. The van der Waals surface area contributed by atoms with Crippen LogP contribution in [0, 0.1) is 0 Å². The number of phenolic OH excluding ortho intramolecular Hbond substituents is 2. The van der Waals surface area contributed by atoms with E-state index in [-0.39, 0.29) is 12.4 Å². The third kappa shape index (κ3) is 2.32. The number of hydrogen-bond donors (Lipinski definition) is 3. The molecule has 0 amide bonds. The number of alkyl halides is 3. The molecule has 6 nitrogen and oxygen atoms in total. The van der Waals surface area contributed by atoms with Crippen molar-refractivity contribution in [2.75, 3.05) is 0 Å². The molecule has 0 radical (unpaired) electrons. The van der Waals surface area contributed by atoms with Gasteiger partial charge in [-0.3, -0.25) is 0 Å². The summed E-state index contributed by atoms with van der Waals surface area (Å²) in [5.74, 6) is -2.28. The average molecular weight is 275 g/mol. The molecule has 1 aromatic carbocycles. The summed E-state index contributed by atoms with van der Waals surface area (Å²) in [6.45, 7) is -0.159. The van der Waals surface area contributed by atoms with E-state index in [0.29, 0.717) is 6.07 Å². The van der Waals surface area contributed by atoms with Gasteiger partial charge in [0.25, 0.3) is 0 Å². The molecule has 0 bridgehead atoms. The highest BCUT2D eigenvalue weighted by atomic mass is 19.4. The fourth-order valence-corrected chi connectivity index (χ4v) is 1.48. The number of halogens is 3. The number of phenols is 2. The molecule has 9 heteroatoms. The molecule has 0 saturated carbocycles. The Kier molecular flexibility index (Phi) is 3.06. The first-order valence-electron chi connectivity index (χ1n) is 4.99. The van der Waals surface area contributed by atoms with Gasteiger partial charge in [-0.2, -0.15) is 18.2 Å². The molecule has 0 atom stereocenters. The van der Waals surface area contributed by atoms with Gasteiger partial charge in [0.1, 0.15) is 0 Å². The molecule has 1 heterocycles. The number of benzene rings is 1. The molecule has 0 unspecified atom stereocenters. The lowest BCUT2D eigenvalue weighted by Gasteiger charge is -2.12. The molecule has 4 N–H and O–H groups in total. The van der Waals surface area contributed by atoms with Gasteiger partial charge in [-0.05, 0) is 12.1 Å². The van der Waals surface area contributed by atoms with Gasteiger partial charge in [0.15, 0.2) is 11.5 Å². The van der Waals surface area contributed by atoms with Crippen LogP contribution in [0.15, 0.2) is 16.7 Å². The summed E-state index contributed by atoms with van der Waals surface area (Å²) in [7, 11) is 0. The number of aromatic hydroxyl groups is 2. The van der Waals surface area contributed by atoms with Gasteiger partial charge in [-0.1, -0.05) is 5.16 Å². The SMILES string of the molecule is NCc1nc(-c2c(C(F)(F)F)ccc(O)c2O)no1. The summed E-state index contributed by atoms with van der Waals surface area (Å²) in [5.41, 5.74) is 3.26. The van der Waals surface area contributed by atoms with Crippen molar-refractivity contribution >= 4 is 0 Å². The maximum atomic E-state index is 12.8. The molecule has 0 aliphatic carbocycles. The molecule has 0 saturated heterocycles. The average Bonchev–Trinajstić information content (AvgIpc) is 2.79. The van der Waals surface area contributed by atoms with E-state index >= 15 is 0 Å². The second kappa shape index (κ2) is 4.43. The molecule has 0 spiro atoms. The number of nitrogens with zero attached hydrogens (tertiary/aromatic N) is 2. The molecular weight excluding hydrogens is 267 g/mol. The fraction of sp³-hybridized carbons (Fsp3) is 0.200. The monoisotopic (exact) mass is 275 g/mol. The summed E-state index contributed by atoms with van der Waals surface area (Å²) in [6, 6.07) is 1.34. The van der Waals surface area contributed by atoms with Crippen LogP contribution >= 0.6 is 0 Å². The zero-order chi connectivity index (χ0) is 14.2. The lowest BCUT2D eigenvalue weighted by Crippen LogP contribution is -2.08. The lowest BCUT2D eigenvalue weighted by atomic mass is 10.0. The summed E-state index contributed by atoms with van der Waals surface area (Å²) in [4.78, 5) is 3.60. The minimum Gasteiger partial charge on any atom is -0.504 e. The van der Waals surface area contributed by atoms with Gasteiger partial charge in [0.2, 0.25) is 11.7 Å². The summed E-state index contributed by atoms with van der Waals surface area (Å²) in [5, 5.41) is 22.2. The zero-order valence-electron chi connectivity index (χ0n) is 9.27. The van der Waals surface area contributed by atoms with Crippen molar-refractivity contribution in [1.29, 1.82) is 0 Å². The number of rotatable bonds is 2. The van der Waals surface area contributed by atoms with Gasteiger partial charge in [-0.25, -0.2) is 0 Å². The van der Waals surface area contributed by atoms with Gasteiger partial charge < -0.3 is 20.5 Å². The molecular formula is C10H8F3N3O3. The normalized spacial score (nSPS) is 11.8. The summed E-state index contributed by atoms with van der Waals surface area (Å²) < 4.78 is 43.1. The van der Waals surface area contributed by atoms with E-state index in [9.17, 15) is 23.4 Å². The van der Waals surface area contributed by atoms with Crippen molar-refractivity contribution in [1.82, 2.24) is 10.1 Å². The van der Waals surface area contributed by atoms with Crippen molar-refractivity contribution in [3.05, 3.63) is 23.6 Å². The van der Waals surface area contributed by atoms with E-state index in [1.54, 1.807) is 0 Å². The predicted molar refractivity (Wildman–Crippen MR) is 56.0 cm³/mol. The van der Waals surface area contributed by atoms with E-state index in [2.05, 4.69) is 14.7 Å². The Labute approximate surface area is 104 Å². The van der Waals surface area contributed by atoms with Crippen LogP contribution in [0.5, 0.6) is 11.5 Å². The summed E-state index contributed by atoms with van der Waals surface area (Å²) in [6.07, 6.45) is -4.75. The first-order valence-corrected chi connectivity index (χ1v) is 4.99. The van der Waals surface area contributed by atoms with Gasteiger partial charge in [0.05, 0.1) is 17.7 Å². The van der Waals surface area contributed by atoms with Gasteiger partial charge in [-0.15, -0.1) is 0 Å². The molecule has 19 heavy (non-hydrogen) atoms. The highest BCUT2D eigenvalue weighted by molar-refractivity contribution is 5.72. The Morgan fingerprint density at radius 1 is 1.26 bits per heavy atom. The van der Waals surface area contributed by atoms with Crippen molar-refractivity contribution in [2.24, 2.45) is 5.73 Å². The van der Waals surface area contributed by atoms with Crippen LogP contribution in [0.25, 0.3) is 11.4 Å². The molecule has 0 aliphatic rings. The Balaban J connectivity index is 2.69. The topological polar surface area (TPSA) is 105 Å². The zero-order valence-corrected chi connectivity index (χ0v) is 9.27. The minimum atomic E-state index is -4.75. The van der Waals surface area contributed by atoms with Crippen molar-refractivity contribution in [3.8, 4) is 22.9 Å². The quantitative estimate of drug-likeness (QED) is 0.719. The van der Waals surface area contributed by atoms with E-state index in [4.69, 9.17) is 5.73 Å². The number of hydrogen-bond acceptors (Lipinski definition) is 6. The first kappa shape index (κ1) is 13.1. The van der Waals surface area contributed by atoms with Crippen LogP contribution in [0.2, 0.25) is 0 Å². The molecule has 2 aromatic rings. The van der Waals surface area contributed by atoms with E-state index in [1.165, 1.54) is 0 Å². The standard InChI is InChI=1S/C10H8F3N3O3/c11-10(12,13)4-1-2-5(17)8(18)7(4)9-15-6(3-14)19-16-9/h1-2,17-18H,3,14H2. The lowest BCUT2D eigenvalue weighted by molar-refractivity contribution is -0.137. The Morgan fingerprint density at radius 3 is 2.47 bits per heavy atom. The van der Waals surface area contributed by atoms with Crippen molar-refractivity contribution in [2.45, 2.75) is 12.7 Å².